The SMILES string of the molecule is CCCC[C@H](C)c1cc(Cl)cc(C)n1. The highest BCUT2D eigenvalue weighted by Gasteiger charge is 2.07. The number of pyridine rings is 1. The lowest BCUT2D eigenvalue weighted by atomic mass is 10.00. The van der Waals surface area contributed by atoms with E-state index in [1.54, 1.807) is 0 Å². The van der Waals surface area contributed by atoms with E-state index in [0.29, 0.717) is 5.92 Å². The van der Waals surface area contributed by atoms with Crippen LogP contribution in [-0.4, -0.2) is 4.98 Å². The van der Waals surface area contributed by atoms with Gasteiger partial charge < -0.3 is 0 Å². The highest BCUT2D eigenvalue weighted by atomic mass is 35.5. The zero-order chi connectivity index (χ0) is 10.6. The van der Waals surface area contributed by atoms with Gasteiger partial charge in [-0.2, -0.15) is 0 Å². The molecule has 0 aromatic carbocycles. The summed E-state index contributed by atoms with van der Waals surface area (Å²) in [6.07, 6.45) is 3.70. The standard InChI is InChI=1S/C12H18ClN/c1-4-5-6-9(2)12-8-11(13)7-10(3)14-12/h7-9H,4-6H2,1-3H3/t9-/m0/s1. The number of aryl methyl sites for hydroxylation is 1. The predicted octanol–water partition coefficient (Wildman–Crippen LogP) is 4.34. The number of halogens is 1. The van der Waals surface area contributed by atoms with Gasteiger partial charge in [0, 0.05) is 16.4 Å². The van der Waals surface area contributed by atoms with Crippen molar-refractivity contribution in [3.8, 4) is 0 Å². The Bertz CT molecular complexity index is 276. The first-order valence-corrected chi connectivity index (χ1v) is 5.65. The van der Waals surface area contributed by atoms with Crippen LogP contribution in [0.2, 0.25) is 5.02 Å². The largest absolute Gasteiger partial charge is 0.258 e. The summed E-state index contributed by atoms with van der Waals surface area (Å²) < 4.78 is 0. The van der Waals surface area contributed by atoms with Crippen LogP contribution in [0.25, 0.3) is 0 Å². The summed E-state index contributed by atoms with van der Waals surface area (Å²) in [6.45, 7) is 6.42. The van der Waals surface area contributed by atoms with Crippen molar-refractivity contribution < 1.29 is 0 Å². The fourth-order valence-electron chi connectivity index (χ4n) is 1.56. The first-order chi connectivity index (χ1) is 6.63. The molecule has 1 nitrogen and oxygen atoms in total. The van der Waals surface area contributed by atoms with E-state index in [0.717, 1.165) is 16.4 Å². The number of nitrogens with zero attached hydrogens (tertiary/aromatic N) is 1. The average molecular weight is 212 g/mol. The molecule has 0 radical (unpaired) electrons. The van der Waals surface area contributed by atoms with Crippen LogP contribution >= 0.6 is 11.6 Å². The van der Waals surface area contributed by atoms with Gasteiger partial charge in [-0.3, -0.25) is 4.98 Å². The maximum Gasteiger partial charge on any atom is 0.0449 e. The molecule has 0 amide bonds. The van der Waals surface area contributed by atoms with Crippen LogP contribution in [0.15, 0.2) is 12.1 Å². The number of hydrogen-bond acceptors (Lipinski definition) is 1. The Hall–Kier alpha value is -0.560. The lowest BCUT2D eigenvalue weighted by Crippen LogP contribution is -1.98. The average Bonchev–Trinajstić information content (AvgIpc) is 2.12. The highest BCUT2D eigenvalue weighted by molar-refractivity contribution is 6.30. The molecule has 0 N–H and O–H groups in total. The van der Waals surface area contributed by atoms with Crippen molar-refractivity contribution >= 4 is 11.6 Å². The number of rotatable bonds is 4. The topological polar surface area (TPSA) is 12.9 Å². The zero-order valence-electron chi connectivity index (χ0n) is 9.18. The fraction of sp³-hybridized carbons (Fsp3) is 0.583. The normalized spacial score (nSPS) is 12.9. The molecular formula is C12H18ClN. The second kappa shape index (κ2) is 5.35. The molecule has 0 aliphatic carbocycles. The maximum atomic E-state index is 5.99. The van der Waals surface area contributed by atoms with E-state index in [1.165, 1.54) is 19.3 Å². The van der Waals surface area contributed by atoms with Gasteiger partial charge in [0.1, 0.15) is 0 Å². The van der Waals surface area contributed by atoms with Crippen LogP contribution in [0.5, 0.6) is 0 Å². The van der Waals surface area contributed by atoms with Gasteiger partial charge >= 0.3 is 0 Å². The van der Waals surface area contributed by atoms with E-state index in [2.05, 4.69) is 18.8 Å². The summed E-state index contributed by atoms with van der Waals surface area (Å²) in [4.78, 5) is 4.50. The fourth-order valence-corrected chi connectivity index (χ4v) is 1.83. The van der Waals surface area contributed by atoms with E-state index >= 15 is 0 Å². The molecule has 0 saturated carbocycles. The molecule has 1 aromatic rings. The van der Waals surface area contributed by atoms with Crippen LogP contribution in [0.4, 0.5) is 0 Å². The van der Waals surface area contributed by atoms with Gasteiger partial charge in [0.2, 0.25) is 0 Å². The minimum absolute atomic E-state index is 0.521. The van der Waals surface area contributed by atoms with Crippen LogP contribution in [-0.2, 0) is 0 Å². The molecule has 0 bridgehead atoms. The minimum Gasteiger partial charge on any atom is -0.258 e. The predicted molar refractivity (Wildman–Crippen MR) is 61.9 cm³/mol. The van der Waals surface area contributed by atoms with Crippen LogP contribution < -0.4 is 0 Å². The molecule has 1 atom stereocenters. The molecular weight excluding hydrogens is 194 g/mol. The summed E-state index contributed by atoms with van der Waals surface area (Å²) in [6, 6.07) is 3.88. The number of aromatic nitrogens is 1. The van der Waals surface area contributed by atoms with Gasteiger partial charge in [0.05, 0.1) is 0 Å². The Balaban J connectivity index is 2.73. The minimum atomic E-state index is 0.521. The smallest absolute Gasteiger partial charge is 0.0449 e. The van der Waals surface area contributed by atoms with E-state index in [4.69, 9.17) is 11.6 Å². The van der Waals surface area contributed by atoms with E-state index in [-0.39, 0.29) is 0 Å². The quantitative estimate of drug-likeness (QED) is 0.722. The Kier molecular flexibility index (Phi) is 4.40. The van der Waals surface area contributed by atoms with Crippen molar-refractivity contribution in [1.29, 1.82) is 0 Å². The third-order valence-electron chi connectivity index (χ3n) is 2.43. The van der Waals surface area contributed by atoms with E-state index < -0.39 is 0 Å². The van der Waals surface area contributed by atoms with Crippen molar-refractivity contribution in [3.63, 3.8) is 0 Å². The Morgan fingerprint density at radius 1 is 1.43 bits per heavy atom. The maximum absolute atomic E-state index is 5.99. The Morgan fingerprint density at radius 2 is 2.14 bits per heavy atom. The van der Waals surface area contributed by atoms with Gasteiger partial charge in [-0.1, -0.05) is 38.3 Å². The molecule has 14 heavy (non-hydrogen) atoms. The molecule has 0 spiro atoms. The van der Waals surface area contributed by atoms with Crippen molar-refractivity contribution in [2.45, 2.75) is 46.0 Å². The Morgan fingerprint density at radius 3 is 2.71 bits per heavy atom. The van der Waals surface area contributed by atoms with Gasteiger partial charge in [0.25, 0.3) is 0 Å². The highest BCUT2D eigenvalue weighted by Crippen LogP contribution is 2.22. The summed E-state index contributed by atoms with van der Waals surface area (Å²) in [5, 5.41) is 0.802. The van der Waals surface area contributed by atoms with Crippen LogP contribution in [0.3, 0.4) is 0 Å². The van der Waals surface area contributed by atoms with Crippen LogP contribution in [0.1, 0.15) is 50.4 Å². The third-order valence-corrected chi connectivity index (χ3v) is 2.65. The molecule has 78 valence electrons. The Labute approximate surface area is 91.5 Å². The molecule has 1 aromatic heterocycles. The first kappa shape index (κ1) is 11.5. The van der Waals surface area contributed by atoms with E-state index in [9.17, 15) is 0 Å². The molecule has 0 aliphatic rings. The number of hydrogen-bond donors (Lipinski definition) is 0. The van der Waals surface area contributed by atoms with Gasteiger partial charge in [-0.25, -0.2) is 0 Å². The van der Waals surface area contributed by atoms with Gasteiger partial charge in [-0.15, -0.1) is 0 Å². The summed E-state index contributed by atoms with van der Waals surface area (Å²) in [7, 11) is 0. The van der Waals surface area contributed by atoms with Crippen molar-refractivity contribution in [2.75, 3.05) is 0 Å². The zero-order valence-corrected chi connectivity index (χ0v) is 9.93. The summed E-state index contributed by atoms with van der Waals surface area (Å²) >= 11 is 5.99. The lowest BCUT2D eigenvalue weighted by Gasteiger charge is -2.11. The second-order valence-electron chi connectivity index (χ2n) is 3.89. The molecule has 1 rings (SSSR count). The van der Waals surface area contributed by atoms with Crippen molar-refractivity contribution in [1.82, 2.24) is 4.98 Å². The number of unbranched alkanes of at least 4 members (excludes halogenated alkanes) is 1. The van der Waals surface area contributed by atoms with Crippen molar-refractivity contribution in [2.24, 2.45) is 0 Å². The van der Waals surface area contributed by atoms with Gasteiger partial charge in [0.15, 0.2) is 0 Å². The lowest BCUT2D eigenvalue weighted by molar-refractivity contribution is 0.610. The molecule has 0 aliphatic heterocycles. The van der Waals surface area contributed by atoms with Crippen molar-refractivity contribution in [3.05, 3.63) is 28.5 Å². The van der Waals surface area contributed by atoms with Crippen LogP contribution in [0, 0.1) is 6.92 Å². The molecule has 1 heterocycles. The monoisotopic (exact) mass is 211 g/mol. The summed E-state index contributed by atoms with van der Waals surface area (Å²) in [5.41, 5.74) is 2.14. The first-order valence-electron chi connectivity index (χ1n) is 5.27. The molecule has 0 saturated heterocycles. The molecule has 0 unspecified atom stereocenters. The third kappa shape index (κ3) is 3.30. The van der Waals surface area contributed by atoms with E-state index in [1.807, 2.05) is 19.1 Å². The van der Waals surface area contributed by atoms with Gasteiger partial charge in [-0.05, 0) is 31.4 Å². The summed E-state index contributed by atoms with van der Waals surface area (Å²) in [5.74, 6) is 0.521. The molecule has 0 fully saturated rings. The second-order valence-corrected chi connectivity index (χ2v) is 4.33. The molecule has 2 heteroatoms.